The molecule has 0 fully saturated rings. The van der Waals surface area contributed by atoms with E-state index in [9.17, 15) is 13.6 Å². The molecule has 0 bridgehead atoms. The predicted molar refractivity (Wildman–Crippen MR) is 86.0 cm³/mol. The van der Waals surface area contributed by atoms with Crippen molar-refractivity contribution in [2.45, 2.75) is 6.42 Å². The lowest BCUT2D eigenvalue weighted by Crippen LogP contribution is -2.16. The third-order valence-corrected chi connectivity index (χ3v) is 3.68. The molecule has 2 rings (SSSR count). The Bertz CT molecular complexity index is 636. The van der Waals surface area contributed by atoms with Crippen LogP contribution in [0, 0.1) is 11.6 Å². The topological polar surface area (TPSA) is 29.1 Å². The fourth-order valence-corrected chi connectivity index (χ4v) is 2.68. The van der Waals surface area contributed by atoms with Crippen molar-refractivity contribution in [1.82, 2.24) is 0 Å². The number of benzene rings is 2. The van der Waals surface area contributed by atoms with Crippen LogP contribution < -0.4 is 5.32 Å². The summed E-state index contributed by atoms with van der Waals surface area (Å²) in [6, 6.07) is 9.21. The first-order valence-electron chi connectivity index (χ1n) is 6.12. The van der Waals surface area contributed by atoms with Gasteiger partial charge in [0.2, 0.25) is 0 Å². The van der Waals surface area contributed by atoms with E-state index in [1.807, 2.05) is 12.1 Å². The molecule has 6 heteroatoms. The first kappa shape index (κ1) is 16.1. The summed E-state index contributed by atoms with van der Waals surface area (Å²) in [5.41, 5.74) is 0.994. The van der Waals surface area contributed by atoms with Gasteiger partial charge < -0.3 is 5.32 Å². The molecule has 0 aromatic heterocycles. The van der Waals surface area contributed by atoms with E-state index in [2.05, 4.69) is 37.2 Å². The van der Waals surface area contributed by atoms with Crippen molar-refractivity contribution >= 4 is 43.5 Å². The maximum absolute atomic E-state index is 13.7. The molecule has 0 saturated carbocycles. The molecular formula is C15H11Br2F2NO. The van der Waals surface area contributed by atoms with Gasteiger partial charge in [0, 0.05) is 15.5 Å². The molecule has 0 aliphatic heterocycles. The van der Waals surface area contributed by atoms with E-state index in [0.29, 0.717) is 5.69 Å². The molecule has 0 spiro atoms. The minimum atomic E-state index is -0.907. The van der Waals surface area contributed by atoms with Crippen LogP contribution in [0.5, 0.6) is 0 Å². The molecule has 2 aromatic rings. The van der Waals surface area contributed by atoms with Gasteiger partial charge in [-0.1, -0.05) is 44.0 Å². The molecule has 0 radical (unpaired) electrons. The van der Waals surface area contributed by atoms with Crippen LogP contribution in [0.15, 0.2) is 40.9 Å². The second-order valence-electron chi connectivity index (χ2n) is 4.33. The summed E-state index contributed by atoms with van der Waals surface area (Å²) in [4.78, 5) is 12.0. The number of nitrogens with one attached hydrogen (secondary N) is 1. The van der Waals surface area contributed by atoms with Crippen molar-refractivity contribution in [1.29, 1.82) is 0 Å². The SMILES string of the molecule is O=C(Nc1ccc(CCBr)cc1)c1c(F)cc(Br)cc1F. The van der Waals surface area contributed by atoms with Gasteiger partial charge in [0.05, 0.1) is 0 Å². The fourth-order valence-electron chi connectivity index (χ4n) is 1.82. The third-order valence-electron chi connectivity index (χ3n) is 2.83. The zero-order valence-corrected chi connectivity index (χ0v) is 14.0. The molecule has 2 nitrogen and oxygen atoms in total. The maximum Gasteiger partial charge on any atom is 0.261 e. The Morgan fingerprint density at radius 1 is 1.10 bits per heavy atom. The van der Waals surface area contributed by atoms with Crippen LogP contribution in [-0.2, 0) is 6.42 Å². The lowest BCUT2D eigenvalue weighted by Gasteiger charge is -2.08. The number of halogens is 4. The molecular weight excluding hydrogens is 408 g/mol. The smallest absolute Gasteiger partial charge is 0.261 e. The van der Waals surface area contributed by atoms with Crippen molar-refractivity contribution in [2.24, 2.45) is 0 Å². The molecule has 2 aromatic carbocycles. The number of amides is 1. The van der Waals surface area contributed by atoms with Crippen LogP contribution in [0.25, 0.3) is 0 Å². The van der Waals surface area contributed by atoms with E-state index in [1.165, 1.54) is 0 Å². The Morgan fingerprint density at radius 2 is 1.67 bits per heavy atom. The normalized spacial score (nSPS) is 10.5. The first-order valence-corrected chi connectivity index (χ1v) is 8.03. The Balaban J connectivity index is 2.18. The van der Waals surface area contributed by atoms with Crippen molar-refractivity contribution in [3.05, 3.63) is 63.6 Å². The van der Waals surface area contributed by atoms with Crippen LogP contribution in [0.2, 0.25) is 0 Å². The Labute approximate surface area is 137 Å². The fraction of sp³-hybridized carbons (Fsp3) is 0.133. The van der Waals surface area contributed by atoms with E-state index in [0.717, 1.165) is 29.4 Å². The number of aryl methyl sites for hydroxylation is 1. The summed E-state index contributed by atoms with van der Waals surface area (Å²) in [6.45, 7) is 0. The predicted octanol–water partition coefficient (Wildman–Crippen LogP) is 4.92. The lowest BCUT2D eigenvalue weighted by atomic mass is 10.1. The van der Waals surface area contributed by atoms with Crippen LogP contribution in [0.1, 0.15) is 15.9 Å². The van der Waals surface area contributed by atoms with Crippen LogP contribution in [0.4, 0.5) is 14.5 Å². The van der Waals surface area contributed by atoms with E-state index < -0.39 is 23.1 Å². The Hall–Kier alpha value is -1.27. The average Bonchev–Trinajstić information content (AvgIpc) is 2.40. The Morgan fingerprint density at radius 3 is 2.19 bits per heavy atom. The molecule has 0 unspecified atom stereocenters. The molecule has 0 aliphatic rings. The highest BCUT2D eigenvalue weighted by Crippen LogP contribution is 2.21. The van der Waals surface area contributed by atoms with E-state index in [1.54, 1.807) is 12.1 Å². The summed E-state index contributed by atoms with van der Waals surface area (Å²) in [5, 5.41) is 3.32. The monoisotopic (exact) mass is 417 g/mol. The quantitative estimate of drug-likeness (QED) is 0.701. The minimum absolute atomic E-state index is 0.244. The van der Waals surface area contributed by atoms with Crippen molar-refractivity contribution in [2.75, 3.05) is 10.6 Å². The number of alkyl halides is 1. The molecule has 0 saturated heterocycles. The van der Waals surface area contributed by atoms with Gasteiger partial charge in [-0.15, -0.1) is 0 Å². The average molecular weight is 419 g/mol. The van der Waals surface area contributed by atoms with Gasteiger partial charge >= 0.3 is 0 Å². The number of hydrogen-bond donors (Lipinski definition) is 1. The Kier molecular flexibility index (Phi) is 5.47. The third kappa shape index (κ3) is 4.11. The van der Waals surface area contributed by atoms with Gasteiger partial charge in [0.15, 0.2) is 0 Å². The van der Waals surface area contributed by atoms with Gasteiger partial charge in [0.1, 0.15) is 17.2 Å². The molecule has 0 heterocycles. The number of hydrogen-bond acceptors (Lipinski definition) is 1. The highest BCUT2D eigenvalue weighted by Gasteiger charge is 2.18. The highest BCUT2D eigenvalue weighted by atomic mass is 79.9. The second-order valence-corrected chi connectivity index (χ2v) is 6.04. The molecule has 0 aliphatic carbocycles. The van der Waals surface area contributed by atoms with Gasteiger partial charge in [-0.25, -0.2) is 8.78 Å². The van der Waals surface area contributed by atoms with Crippen LogP contribution in [0.3, 0.4) is 0 Å². The summed E-state index contributed by atoms with van der Waals surface area (Å²) >= 11 is 6.31. The summed E-state index contributed by atoms with van der Waals surface area (Å²) < 4.78 is 27.6. The summed E-state index contributed by atoms with van der Waals surface area (Å²) in [7, 11) is 0. The molecule has 1 N–H and O–H groups in total. The summed E-state index contributed by atoms with van der Waals surface area (Å²) in [5.74, 6) is -2.63. The van der Waals surface area contributed by atoms with Crippen molar-refractivity contribution in [3.8, 4) is 0 Å². The number of carbonyl (C=O) groups excluding carboxylic acids is 1. The van der Waals surface area contributed by atoms with Gasteiger partial charge in [-0.05, 0) is 36.2 Å². The maximum atomic E-state index is 13.7. The number of rotatable bonds is 4. The van der Waals surface area contributed by atoms with Crippen molar-refractivity contribution in [3.63, 3.8) is 0 Å². The summed E-state index contributed by atoms with van der Waals surface area (Å²) in [6.07, 6.45) is 0.865. The second kappa shape index (κ2) is 7.13. The van der Waals surface area contributed by atoms with Crippen molar-refractivity contribution < 1.29 is 13.6 Å². The van der Waals surface area contributed by atoms with E-state index in [-0.39, 0.29) is 4.47 Å². The lowest BCUT2D eigenvalue weighted by molar-refractivity contribution is 0.101. The standard InChI is InChI=1S/C15H11Br2F2NO/c16-6-5-9-1-3-11(4-2-9)20-15(21)14-12(18)7-10(17)8-13(14)19/h1-4,7-8H,5-6H2,(H,20,21). The largest absolute Gasteiger partial charge is 0.322 e. The number of carbonyl (C=O) groups is 1. The molecule has 21 heavy (non-hydrogen) atoms. The van der Waals surface area contributed by atoms with E-state index >= 15 is 0 Å². The first-order chi connectivity index (χ1) is 10.0. The van der Waals surface area contributed by atoms with Crippen LogP contribution in [-0.4, -0.2) is 11.2 Å². The molecule has 0 atom stereocenters. The number of anilines is 1. The van der Waals surface area contributed by atoms with Gasteiger partial charge in [-0.2, -0.15) is 0 Å². The highest BCUT2D eigenvalue weighted by molar-refractivity contribution is 9.10. The van der Waals surface area contributed by atoms with Gasteiger partial charge in [0.25, 0.3) is 5.91 Å². The van der Waals surface area contributed by atoms with Gasteiger partial charge in [-0.3, -0.25) is 4.79 Å². The molecule has 110 valence electrons. The molecule has 1 amide bonds. The van der Waals surface area contributed by atoms with E-state index in [4.69, 9.17) is 0 Å². The zero-order chi connectivity index (χ0) is 15.4. The minimum Gasteiger partial charge on any atom is -0.322 e. The zero-order valence-electron chi connectivity index (χ0n) is 10.8. The van der Waals surface area contributed by atoms with Crippen LogP contribution >= 0.6 is 31.9 Å².